The fourth-order valence-corrected chi connectivity index (χ4v) is 2.88. The minimum atomic E-state index is -0.420. The van der Waals surface area contributed by atoms with Gasteiger partial charge in [-0.25, -0.2) is 0 Å². The van der Waals surface area contributed by atoms with Gasteiger partial charge in [-0.2, -0.15) is 5.10 Å². The Balaban J connectivity index is 1.64. The summed E-state index contributed by atoms with van der Waals surface area (Å²) in [5.74, 6) is 0.205. The Kier molecular flexibility index (Phi) is 3.85. The van der Waals surface area contributed by atoms with Crippen molar-refractivity contribution < 1.29 is 4.79 Å². The third kappa shape index (κ3) is 3.04. The molecule has 2 N–H and O–H groups in total. The van der Waals surface area contributed by atoms with Crippen molar-refractivity contribution in [3.8, 4) is 0 Å². The van der Waals surface area contributed by atoms with E-state index < -0.39 is 5.91 Å². The minimum Gasteiger partial charge on any atom is -0.371 e. The Bertz CT molecular complexity index is 602. The van der Waals surface area contributed by atoms with E-state index in [1.54, 1.807) is 12.4 Å². The molecule has 0 saturated carbocycles. The molecule has 21 heavy (non-hydrogen) atoms. The fraction of sp³-hybridized carbons (Fsp3) is 0.400. The van der Waals surface area contributed by atoms with Crippen LogP contribution in [0.1, 0.15) is 23.2 Å². The van der Waals surface area contributed by atoms with Crippen LogP contribution in [0.2, 0.25) is 0 Å². The minimum absolute atomic E-state index is 0.420. The van der Waals surface area contributed by atoms with Crippen molar-refractivity contribution in [3.05, 3.63) is 42.5 Å². The molecule has 3 heterocycles. The molecule has 1 aliphatic rings. The summed E-state index contributed by atoms with van der Waals surface area (Å²) in [5, 5.41) is 4.26. The summed E-state index contributed by atoms with van der Waals surface area (Å²) < 4.78 is 1.99. The van der Waals surface area contributed by atoms with E-state index >= 15 is 0 Å². The second-order valence-corrected chi connectivity index (χ2v) is 5.42. The van der Waals surface area contributed by atoms with Crippen LogP contribution in [0.5, 0.6) is 0 Å². The van der Waals surface area contributed by atoms with Gasteiger partial charge < -0.3 is 10.6 Å². The number of pyridine rings is 1. The van der Waals surface area contributed by atoms with Gasteiger partial charge in [0.05, 0.1) is 11.3 Å². The van der Waals surface area contributed by atoms with Gasteiger partial charge in [-0.1, -0.05) is 0 Å². The number of piperidine rings is 1. The average Bonchev–Trinajstić information content (AvgIpc) is 3.01. The quantitative estimate of drug-likeness (QED) is 0.918. The molecule has 1 fully saturated rings. The fourth-order valence-electron chi connectivity index (χ4n) is 2.88. The third-order valence-electron chi connectivity index (χ3n) is 4.02. The number of aromatic nitrogens is 3. The number of carbonyl (C=O) groups is 1. The van der Waals surface area contributed by atoms with Gasteiger partial charge in [0.2, 0.25) is 0 Å². The Morgan fingerprint density at radius 3 is 2.81 bits per heavy atom. The van der Waals surface area contributed by atoms with Gasteiger partial charge in [-0.15, -0.1) is 0 Å². The summed E-state index contributed by atoms with van der Waals surface area (Å²) in [7, 11) is 0. The van der Waals surface area contributed by atoms with Crippen molar-refractivity contribution in [2.75, 3.05) is 18.0 Å². The van der Waals surface area contributed by atoms with Gasteiger partial charge in [-0.05, 0) is 30.9 Å². The number of rotatable bonds is 4. The molecule has 1 amide bonds. The summed E-state index contributed by atoms with van der Waals surface area (Å²) in [5.41, 5.74) is 6.82. The average molecular weight is 285 g/mol. The molecule has 1 aliphatic heterocycles. The molecular weight excluding hydrogens is 266 g/mol. The second-order valence-electron chi connectivity index (χ2n) is 5.42. The van der Waals surface area contributed by atoms with Gasteiger partial charge >= 0.3 is 0 Å². The number of nitrogens with two attached hydrogens (primary N) is 1. The summed E-state index contributed by atoms with van der Waals surface area (Å²) in [6.07, 6.45) is 9.23. The van der Waals surface area contributed by atoms with Crippen LogP contribution >= 0.6 is 0 Å². The summed E-state index contributed by atoms with van der Waals surface area (Å²) in [4.78, 5) is 17.7. The Labute approximate surface area is 123 Å². The molecule has 110 valence electrons. The lowest BCUT2D eigenvalue weighted by Crippen LogP contribution is -2.36. The zero-order valence-corrected chi connectivity index (χ0v) is 11.9. The van der Waals surface area contributed by atoms with E-state index in [-0.39, 0.29) is 0 Å². The Morgan fingerprint density at radius 2 is 2.14 bits per heavy atom. The first-order valence-electron chi connectivity index (χ1n) is 7.20. The number of primary amides is 1. The zero-order chi connectivity index (χ0) is 14.7. The van der Waals surface area contributed by atoms with E-state index in [0.717, 1.165) is 38.2 Å². The maximum Gasteiger partial charge on any atom is 0.252 e. The predicted molar refractivity (Wildman–Crippen MR) is 79.9 cm³/mol. The molecule has 0 aromatic carbocycles. The largest absolute Gasteiger partial charge is 0.371 e. The molecule has 2 aromatic rings. The Hall–Kier alpha value is -2.37. The number of hydrogen-bond donors (Lipinski definition) is 1. The highest BCUT2D eigenvalue weighted by Gasteiger charge is 2.22. The second kappa shape index (κ2) is 5.95. The van der Waals surface area contributed by atoms with Crippen LogP contribution in [0.25, 0.3) is 0 Å². The smallest absolute Gasteiger partial charge is 0.252 e. The standard InChI is InChI=1S/C15H19N5O/c16-15(21)13-10-17-6-2-14(13)19-8-3-12(4-9-19)11-20-7-1-5-18-20/h1-2,5-7,10,12H,3-4,8-9,11H2,(H2,16,21). The summed E-state index contributed by atoms with van der Waals surface area (Å²) in [6, 6.07) is 3.82. The van der Waals surface area contributed by atoms with Crippen molar-refractivity contribution in [3.63, 3.8) is 0 Å². The van der Waals surface area contributed by atoms with E-state index in [4.69, 9.17) is 5.73 Å². The molecule has 0 unspecified atom stereocenters. The van der Waals surface area contributed by atoms with Gasteiger partial charge in [0.1, 0.15) is 0 Å². The molecule has 1 saturated heterocycles. The number of hydrogen-bond acceptors (Lipinski definition) is 4. The number of carbonyl (C=O) groups excluding carboxylic acids is 1. The van der Waals surface area contributed by atoms with Crippen molar-refractivity contribution >= 4 is 11.6 Å². The molecular formula is C15H19N5O. The molecule has 0 radical (unpaired) electrons. The van der Waals surface area contributed by atoms with E-state index in [1.807, 2.05) is 29.2 Å². The van der Waals surface area contributed by atoms with Crippen molar-refractivity contribution in [1.29, 1.82) is 0 Å². The molecule has 0 spiro atoms. The lowest BCUT2D eigenvalue weighted by Gasteiger charge is -2.34. The Morgan fingerprint density at radius 1 is 1.33 bits per heavy atom. The van der Waals surface area contributed by atoms with Gasteiger partial charge in [-0.3, -0.25) is 14.5 Å². The van der Waals surface area contributed by atoms with Crippen LogP contribution in [0.4, 0.5) is 5.69 Å². The van der Waals surface area contributed by atoms with Crippen LogP contribution in [-0.4, -0.2) is 33.8 Å². The monoisotopic (exact) mass is 285 g/mol. The molecule has 0 bridgehead atoms. The number of anilines is 1. The predicted octanol–water partition coefficient (Wildman–Crippen LogP) is 1.29. The number of nitrogens with zero attached hydrogens (tertiary/aromatic N) is 4. The van der Waals surface area contributed by atoms with Crippen LogP contribution in [-0.2, 0) is 6.54 Å². The maximum atomic E-state index is 11.5. The molecule has 3 rings (SSSR count). The maximum absolute atomic E-state index is 11.5. The van der Waals surface area contributed by atoms with Gasteiger partial charge in [0, 0.05) is 44.4 Å². The van der Waals surface area contributed by atoms with Gasteiger partial charge in [0.25, 0.3) is 5.91 Å². The van der Waals surface area contributed by atoms with Crippen molar-refractivity contribution in [2.45, 2.75) is 19.4 Å². The van der Waals surface area contributed by atoms with E-state index in [2.05, 4.69) is 15.0 Å². The molecule has 2 aromatic heterocycles. The van der Waals surface area contributed by atoms with Crippen LogP contribution < -0.4 is 10.6 Å². The molecule has 6 nitrogen and oxygen atoms in total. The first-order chi connectivity index (χ1) is 10.2. The van der Waals surface area contributed by atoms with Crippen LogP contribution in [0.3, 0.4) is 0 Å². The van der Waals surface area contributed by atoms with Crippen LogP contribution in [0, 0.1) is 5.92 Å². The molecule has 6 heteroatoms. The van der Waals surface area contributed by atoms with Crippen LogP contribution in [0.15, 0.2) is 36.9 Å². The molecule has 0 atom stereocenters. The van der Waals surface area contributed by atoms with E-state index in [1.165, 1.54) is 0 Å². The highest BCUT2D eigenvalue weighted by Crippen LogP contribution is 2.26. The van der Waals surface area contributed by atoms with E-state index in [0.29, 0.717) is 11.5 Å². The van der Waals surface area contributed by atoms with Crippen molar-refractivity contribution in [1.82, 2.24) is 14.8 Å². The highest BCUT2D eigenvalue weighted by atomic mass is 16.1. The number of amides is 1. The summed E-state index contributed by atoms with van der Waals surface area (Å²) in [6.45, 7) is 2.81. The first-order valence-corrected chi connectivity index (χ1v) is 7.20. The lowest BCUT2D eigenvalue weighted by atomic mass is 9.96. The zero-order valence-electron chi connectivity index (χ0n) is 11.9. The SMILES string of the molecule is NC(=O)c1cnccc1N1CCC(Cn2cccn2)CC1. The normalized spacial score (nSPS) is 16.1. The summed E-state index contributed by atoms with van der Waals surface area (Å²) >= 11 is 0. The lowest BCUT2D eigenvalue weighted by molar-refractivity contribution is 0.100. The molecule has 0 aliphatic carbocycles. The van der Waals surface area contributed by atoms with Gasteiger partial charge in [0.15, 0.2) is 0 Å². The first kappa shape index (κ1) is 13.6. The topological polar surface area (TPSA) is 77.0 Å². The van der Waals surface area contributed by atoms with Crippen molar-refractivity contribution in [2.24, 2.45) is 11.7 Å². The highest BCUT2D eigenvalue weighted by molar-refractivity contribution is 5.98. The third-order valence-corrected chi connectivity index (χ3v) is 4.02. The van der Waals surface area contributed by atoms with E-state index in [9.17, 15) is 4.79 Å².